The third kappa shape index (κ3) is 1.01. The van der Waals surface area contributed by atoms with Crippen LogP contribution in [0.5, 0.6) is 0 Å². The van der Waals surface area contributed by atoms with Crippen molar-refractivity contribution < 1.29 is 9.84 Å². The van der Waals surface area contributed by atoms with Gasteiger partial charge in [-0.25, -0.2) is 0 Å². The summed E-state index contributed by atoms with van der Waals surface area (Å²) in [5.74, 6) is 0. The van der Waals surface area contributed by atoms with E-state index in [1.54, 1.807) is 0 Å². The van der Waals surface area contributed by atoms with Crippen LogP contribution in [0.4, 0.5) is 0 Å². The van der Waals surface area contributed by atoms with Crippen molar-refractivity contribution in [2.45, 2.75) is 63.3 Å². The molecule has 2 rings (SSSR count). The van der Waals surface area contributed by atoms with Crippen LogP contribution >= 0.6 is 0 Å². The number of rotatable bonds is 1. The van der Waals surface area contributed by atoms with E-state index in [1.807, 2.05) is 13.8 Å². The fourth-order valence-corrected chi connectivity index (χ4v) is 2.45. The van der Waals surface area contributed by atoms with E-state index >= 15 is 0 Å². The number of aliphatic hydroxyl groups is 1. The highest BCUT2D eigenvalue weighted by atomic mass is 16.6. The predicted octanol–water partition coefficient (Wildman–Crippen LogP) is 1.86. The third-order valence-corrected chi connectivity index (χ3v) is 3.74. The second-order valence-electron chi connectivity index (χ2n) is 4.46. The number of hydrogen-bond acceptors (Lipinski definition) is 2. The topological polar surface area (TPSA) is 32.8 Å². The molecule has 0 bridgehead atoms. The highest BCUT2D eigenvalue weighted by Gasteiger charge is 2.62. The van der Waals surface area contributed by atoms with Gasteiger partial charge in [0, 0.05) is 0 Å². The summed E-state index contributed by atoms with van der Waals surface area (Å²) < 4.78 is 5.50. The molecule has 2 fully saturated rings. The Morgan fingerprint density at radius 3 is 2.17 bits per heavy atom. The van der Waals surface area contributed by atoms with E-state index in [0.29, 0.717) is 0 Å². The highest BCUT2D eigenvalue weighted by molar-refractivity contribution is 5.11. The summed E-state index contributed by atoms with van der Waals surface area (Å²) >= 11 is 0. The molecule has 1 aliphatic heterocycles. The maximum atomic E-state index is 10.3. The van der Waals surface area contributed by atoms with Gasteiger partial charge in [-0.1, -0.05) is 19.3 Å². The molecule has 1 saturated carbocycles. The van der Waals surface area contributed by atoms with Crippen LogP contribution in [0, 0.1) is 0 Å². The van der Waals surface area contributed by atoms with E-state index in [-0.39, 0.29) is 11.7 Å². The van der Waals surface area contributed by atoms with E-state index in [4.69, 9.17) is 4.74 Å². The standard InChI is InChI=1S/C10H18O2/c1-8-9(2,12-8)10(11)6-4-3-5-7-10/h8,11H,3-7H2,1-2H3/t8-,9-/m0/s1. The first-order valence-electron chi connectivity index (χ1n) is 4.99. The van der Waals surface area contributed by atoms with E-state index in [0.717, 1.165) is 25.7 Å². The van der Waals surface area contributed by atoms with Crippen LogP contribution in [0.2, 0.25) is 0 Å². The summed E-state index contributed by atoms with van der Waals surface area (Å²) in [6.07, 6.45) is 5.68. The van der Waals surface area contributed by atoms with Crippen molar-refractivity contribution in [3.05, 3.63) is 0 Å². The normalized spacial score (nSPS) is 45.8. The predicted molar refractivity (Wildman–Crippen MR) is 47.0 cm³/mol. The van der Waals surface area contributed by atoms with E-state index < -0.39 is 5.60 Å². The molecule has 0 spiro atoms. The molecule has 2 nitrogen and oxygen atoms in total. The first kappa shape index (κ1) is 8.52. The van der Waals surface area contributed by atoms with Gasteiger partial charge in [0.15, 0.2) is 0 Å². The van der Waals surface area contributed by atoms with Gasteiger partial charge in [-0.3, -0.25) is 0 Å². The Morgan fingerprint density at radius 1 is 1.25 bits per heavy atom. The maximum absolute atomic E-state index is 10.3. The summed E-state index contributed by atoms with van der Waals surface area (Å²) in [5.41, 5.74) is -0.752. The van der Waals surface area contributed by atoms with Gasteiger partial charge >= 0.3 is 0 Å². The highest BCUT2D eigenvalue weighted by Crippen LogP contribution is 2.50. The van der Waals surface area contributed by atoms with Crippen LogP contribution in [-0.2, 0) is 4.74 Å². The molecule has 0 aromatic rings. The lowest BCUT2D eigenvalue weighted by Crippen LogP contribution is -2.46. The van der Waals surface area contributed by atoms with Gasteiger partial charge in [-0.2, -0.15) is 0 Å². The van der Waals surface area contributed by atoms with Crippen LogP contribution in [0.15, 0.2) is 0 Å². The molecule has 0 amide bonds. The van der Waals surface area contributed by atoms with Crippen LogP contribution < -0.4 is 0 Å². The van der Waals surface area contributed by atoms with Gasteiger partial charge in [0.2, 0.25) is 0 Å². The van der Waals surface area contributed by atoms with Crippen molar-refractivity contribution in [2.75, 3.05) is 0 Å². The largest absolute Gasteiger partial charge is 0.387 e. The summed E-state index contributed by atoms with van der Waals surface area (Å²) in [7, 11) is 0. The Kier molecular flexibility index (Phi) is 1.74. The van der Waals surface area contributed by atoms with E-state index in [2.05, 4.69) is 0 Å². The minimum atomic E-state index is -0.523. The summed E-state index contributed by atoms with van der Waals surface area (Å²) in [5, 5.41) is 10.3. The molecule has 0 unspecified atom stereocenters. The number of ether oxygens (including phenoxy) is 1. The van der Waals surface area contributed by atoms with Crippen molar-refractivity contribution in [3.63, 3.8) is 0 Å². The molecule has 2 heteroatoms. The molecule has 2 aliphatic rings. The fourth-order valence-electron chi connectivity index (χ4n) is 2.45. The molecule has 2 atom stereocenters. The molecular weight excluding hydrogens is 152 g/mol. The second-order valence-corrected chi connectivity index (χ2v) is 4.46. The Hall–Kier alpha value is -0.0800. The average molecular weight is 170 g/mol. The third-order valence-electron chi connectivity index (χ3n) is 3.74. The van der Waals surface area contributed by atoms with Crippen molar-refractivity contribution in [2.24, 2.45) is 0 Å². The number of hydrogen-bond donors (Lipinski definition) is 1. The molecule has 1 aliphatic carbocycles. The van der Waals surface area contributed by atoms with Gasteiger partial charge in [0.05, 0.1) is 11.7 Å². The Labute approximate surface area is 73.9 Å². The van der Waals surface area contributed by atoms with Crippen molar-refractivity contribution >= 4 is 0 Å². The maximum Gasteiger partial charge on any atom is 0.120 e. The summed E-state index contributed by atoms with van der Waals surface area (Å²) in [6.45, 7) is 4.09. The second kappa shape index (κ2) is 2.46. The zero-order valence-corrected chi connectivity index (χ0v) is 7.97. The summed E-state index contributed by atoms with van der Waals surface area (Å²) in [6, 6.07) is 0. The Balaban J connectivity index is 2.09. The van der Waals surface area contributed by atoms with Crippen molar-refractivity contribution in [3.8, 4) is 0 Å². The molecule has 70 valence electrons. The first-order chi connectivity index (χ1) is 5.58. The van der Waals surface area contributed by atoms with Gasteiger partial charge in [0.25, 0.3) is 0 Å². The Bertz CT molecular complexity index is 184. The molecule has 0 aromatic carbocycles. The molecule has 12 heavy (non-hydrogen) atoms. The fraction of sp³-hybridized carbons (Fsp3) is 1.00. The summed E-state index contributed by atoms with van der Waals surface area (Å²) in [4.78, 5) is 0. The van der Waals surface area contributed by atoms with Gasteiger partial charge in [-0.05, 0) is 26.7 Å². The lowest BCUT2D eigenvalue weighted by molar-refractivity contribution is -0.0586. The zero-order valence-electron chi connectivity index (χ0n) is 7.97. The minimum Gasteiger partial charge on any atom is -0.387 e. The monoisotopic (exact) mass is 170 g/mol. The minimum absolute atomic E-state index is 0.229. The molecule has 1 heterocycles. The van der Waals surface area contributed by atoms with E-state index in [9.17, 15) is 5.11 Å². The van der Waals surface area contributed by atoms with Crippen LogP contribution in [-0.4, -0.2) is 22.4 Å². The zero-order chi connectivity index (χ0) is 8.82. The van der Waals surface area contributed by atoms with E-state index in [1.165, 1.54) is 6.42 Å². The smallest absolute Gasteiger partial charge is 0.120 e. The van der Waals surface area contributed by atoms with Crippen LogP contribution in [0.1, 0.15) is 46.0 Å². The average Bonchev–Trinajstić information content (AvgIpc) is 2.63. The SMILES string of the molecule is C[C@@H]1O[C@]1(C)C1(O)CCCCC1. The van der Waals surface area contributed by atoms with Crippen LogP contribution in [0.3, 0.4) is 0 Å². The van der Waals surface area contributed by atoms with Gasteiger partial charge in [-0.15, -0.1) is 0 Å². The van der Waals surface area contributed by atoms with Crippen LogP contribution in [0.25, 0.3) is 0 Å². The van der Waals surface area contributed by atoms with Gasteiger partial charge in [0.1, 0.15) is 5.60 Å². The first-order valence-corrected chi connectivity index (χ1v) is 4.99. The van der Waals surface area contributed by atoms with Gasteiger partial charge < -0.3 is 9.84 Å². The lowest BCUT2D eigenvalue weighted by atomic mass is 9.75. The van der Waals surface area contributed by atoms with Crippen molar-refractivity contribution in [1.29, 1.82) is 0 Å². The van der Waals surface area contributed by atoms with Crippen molar-refractivity contribution in [1.82, 2.24) is 0 Å². The Morgan fingerprint density at radius 2 is 1.75 bits per heavy atom. The number of epoxide rings is 1. The lowest BCUT2D eigenvalue weighted by Gasteiger charge is -2.35. The molecular formula is C10H18O2. The molecule has 0 aromatic heterocycles. The molecule has 1 saturated heterocycles. The molecule has 1 N–H and O–H groups in total. The quantitative estimate of drug-likeness (QED) is 0.609. The molecule has 0 radical (unpaired) electrons.